The Kier molecular flexibility index (Phi) is 5.06. The maximum atomic E-state index is 12.8. The molecule has 0 amide bonds. The van der Waals surface area contributed by atoms with Crippen LogP contribution >= 0.6 is 0 Å². The predicted octanol–water partition coefficient (Wildman–Crippen LogP) is 1.79. The summed E-state index contributed by atoms with van der Waals surface area (Å²) in [6.07, 6.45) is 1.81. The minimum absolute atomic E-state index is 0.422. The third-order valence-corrected chi connectivity index (χ3v) is 7.00. The average molecular weight is 338 g/mol. The van der Waals surface area contributed by atoms with Crippen LogP contribution in [0.5, 0.6) is 0 Å². The Morgan fingerprint density at radius 1 is 1.00 bits per heavy atom. The fraction of sp³-hybridized carbons (Fsp3) is 0.647. The van der Waals surface area contributed by atoms with Crippen molar-refractivity contribution in [1.29, 1.82) is 0 Å². The Hall–Kier alpha value is -0.950. The molecule has 2 fully saturated rings. The Morgan fingerprint density at radius 3 is 2.26 bits per heavy atom. The molecule has 0 unspecified atom stereocenters. The van der Waals surface area contributed by atoms with Crippen molar-refractivity contribution in [3.05, 3.63) is 29.3 Å². The second-order valence-electron chi connectivity index (χ2n) is 6.53. The van der Waals surface area contributed by atoms with Crippen LogP contribution in [0.2, 0.25) is 0 Å². The molecule has 0 bridgehead atoms. The van der Waals surface area contributed by atoms with Gasteiger partial charge in [0.25, 0.3) is 0 Å². The van der Waals surface area contributed by atoms with E-state index in [1.54, 1.807) is 16.4 Å². The third-order valence-electron chi connectivity index (χ3n) is 5.10. The minimum Gasteiger partial charge on any atom is -0.379 e. The minimum atomic E-state index is -3.37. The molecule has 1 aromatic carbocycles. The first-order chi connectivity index (χ1) is 11.0. The number of hydrogen-bond donors (Lipinski definition) is 0. The third kappa shape index (κ3) is 3.60. The highest BCUT2D eigenvalue weighted by Gasteiger charge is 2.32. The molecule has 1 aromatic rings. The van der Waals surface area contributed by atoms with Crippen LogP contribution in [-0.4, -0.2) is 63.1 Å². The smallest absolute Gasteiger partial charge is 0.243 e. The molecule has 6 heteroatoms. The monoisotopic (exact) mass is 338 g/mol. The highest BCUT2D eigenvalue weighted by molar-refractivity contribution is 7.89. The van der Waals surface area contributed by atoms with Gasteiger partial charge >= 0.3 is 0 Å². The first kappa shape index (κ1) is 16.9. The number of ether oxygens (including phenoxy) is 1. The van der Waals surface area contributed by atoms with E-state index in [-0.39, 0.29) is 0 Å². The van der Waals surface area contributed by atoms with E-state index in [4.69, 9.17) is 4.74 Å². The number of piperidine rings is 1. The lowest BCUT2D eigenvalue weighted by Gasteiger charge is -2.39. The molecular weight excluding hydrogens is 312 g/mol. The van der Waals surface area contributed by atoms with Crippen molar-refractivity contribution in [2.75, 3.05) is 39.4 Å². The highest BCUT2D eigenvalue weighted by atomic mass is 32.2. The van der Waals surface area contributed by atoms with Gasteiger partial charge in [0.2, 0.25) is 10.0 Å². The van der Waals surface area contributed by atoms with Gasteiger partial charge in [-0.05, 0) is 49.9 Å². The first-order valence-electron chi connectivity index (χ1n) is 8.38. The van der Waals surface area contributed by atoms with E-state index >= 15 is 0 Å². The molecule has 128 valence electrons. The fourth-order valence-corrected chi connectivity index (χ4v) is 4.97. The summed E-state index contributed by atoms with van der Waals surface area (Å²) in [5, 5.41) is 0. The summed E-state index contributed by atoms with van der Waals surface area (Å²) >= 11 is 0. The maximum absolute atomic E-state index is 12.8. The second-order valence-corrected chi connectivity index (χ2v) is 8.47. The lowest BCUT2D eigenvalue weighted by atomic mass is 10.0. The summed E-state index contributed by atoms with van der Waals surface area (Å²) in [5.41, 5.74) is 2.14. The largest absolute Gasteiger partial charge is 0.379 e. The van der Waals surface area contributed by atoms with Gasteiger partial charge in [-0.25, -0.2) is 8.42 Å². The number of nitrogens with zero attached hydrogens (tertiary/aromatic N) is 2. The highest BCUT2D eigenvalue weighted by Crippen LogP contribution is 2.24. The summed E-state index contributed by atoms with van der Waals surface area (Å²) in [5.74, 6) is 0. The van der Waals surface area contributed by atoms with Gasteiger partial charge in [0, 0.05) is 32.2 Å². The number of rotatable bonds is 3. The zero-order valence-corrected chi connectivity index (χ0v) is 14.8. The zero-order chi connectivity index (χ0) is 16.4. The van der Waals surface area contributed by atoms with Crippen molar-refractivity contribution < 1.29 is 13.2 Å². The zero-order valence-electron chi connectivity index (χ0n) is 14.0. The predicted molar refractivity (Wildman–Crippen MR) is 90.1 cm³/mol. The van der Waals surface area contributed by atoms with Crippen molar-refractivity contribution in [2.24, 2.45) is 0 Å². The van der Waals surface area contributed by atoms with Gasteiger partial charge in [0.05, 0.1) is 18.1 Å². The lowest BCUT2D eigenvalue weighted by molar-refractivity contribution is 0.00610. The number of morpholine rings is 1. The van der Waals surface area contributed by atoms with Gasteiger partial charge in [-0.15, -0.1) is 0 Å². The first-order valence-corrected chi connectivity index (χ1v) is 9.82. The molecule has 0 saturated carbocycles. The number of benzene rings is 1. The molecule has 23 heavy (non-hydrogen) atoms. The molecule has 0 radical (unpaired) electrons. The summed E-state index contributed by atoms with van der Waals surface area (Å²) in [6, 6.07) is 5.90. The van der Waals surface area contributed by atoms with E-state index in [0.29, 0.717) is 24.0 Å². The van der Waals surface area contributed by atoms with Gasteiger partial charge in [0.1, 0.15) is 0 Å². The molecular formula is C17H26N2O3S. The Bertz CT molecular complexity index is 646. The Labute approximate surface area is 139 Å². The van der Waals surface area contributed by atoms with Crippen LogP contribution < -0.4 is 0 Å². The SMILES string of the molecule is Cc1ccc(S(=O)(=O)N2CCC(N3CCOCC3)CC2)cc1C. The second kappa shape index (κ2) is 6.89. The van der Waals surface area contributed by atoms with Crippen molar-refractivity contribution in [1.82, 2.24) is 9.21 Å². The summed E-state index contributed by atoms with van der Waals surface area (Å²) < 4.78 is 32.7. The maximum Gasteiger partial charge on any atom is 0.243 e. The van der Waals surface area contributed by atoms with E-state index in [0.717, 1.165) is 50.3 Å². The van der Waals surface area contributed by atoms with Crippen LogP contribution in [0.1, 0.15) is 24.0 Å². The number of aryl methyl sites for hydroxylation is 2. The van der Waals surface area contributed by atoms with Gasteiger partial charge in [-0.1, -0.05) is 6.07 Å². The normalized spacial score (nSPS) is 22.3. The van der Waals surface area contributed by atoms with Gasteiger partial charge in [-0.2, -0.15) is 4.31 Å². The summed E-state index contributed by atoms with van der Waals surface area (Å²) in [6.45, 7) is 8.69. The van der Waals surface area contributed by atoms with Gasteiger partial charge in [0.15, 0.2) is 0 Å². The topological polar surface area (TPSA) is 49.9 Å². The summed E-state index contributed by atoms with van der Waals surface area (Å²) in [4.78, 5) is 2.87. The van der Waals surface area contributed by atoms with Crippen molar-refractivity contribution in [2.45, 2.75) is 37.6 Å². The van der Waals surface area contributed by atoms with Crippen LogP contribution in [0.3, 0.4) is 0 Å². The molecule has 3 rings (SSSR count). The van der Waals surface area contributed by atoms with E-state index in [9.17, 15) is 8.42 Å². The molecule has 0 N–H and O–H groups in total. The molecule has 5 nitrogen and oxygen atoms in total. The van der Waals surface area contributed by atoms with Crippen LogP contribution in [0, 0.1) is 13.8 Å². The molecule has 0 aliphatic carbocycles. The molecule has 2 aliphatic heterocycles. The molecule has 0 aromatic heterocycles. The molecule has 2 saturated heterocycles. The van der Waals surface area contributed by atoms with E-state index in [1.807, 2.05) is 19.9 Å². The fourth-order valence-electron chi connectivity index (χ4n) is 3.41. The number of hydrogen-bond acceptors (Lipinski definition) is 4. The van der Waals surface area contributed by atoms with E-state index < -0.39 is 10.0 Å². The molecule has 0 atom stereocenters. The van der Waals surface area contributed by atoms with Gasteiger partial charge in [-0.3, -0.25) is 4.90 Å². The van der Waals surface area contributed by atoms with Crippen molar-refractivity contribution >= 4 is 10.0 Å². The Morgan fingerprint density at radius 2 is 1.65 bits per heavy atom. The Balaban J connectivity index is 1.67. The molecule has 2 heterocycles. The van der Waals surface area contributed by atoms with Gasteiger partial charge < -0.3 is 4.74 Å². The van der Waals surface area contributed by atoms with E-state index in [1.165, 1.54) is 0 Å². The number of sulfonamides is 1. The van der Waals surface area contributed by atoms with Crippen LogP contribution in [0.25, 0.3) is 0 Å². The average Bonchev–Trinajstić information content (AvgIpc) is 2.58. The molecule has 0 spiro atoms. The van der Waals surface area contributed by atoms with Crippen LogP contribution in [-0.2, 0) is 14.8 Å². The van der Waals surface area contributed by atoms with Crippen molar-refractivity contribution in [3.8, 4) is 0 Å². The molecule has 2 aliphatic rings. The quantitative estimate of drug-likeness (QED) is 0.843. The lowest BCUT2D eigenvalue weighted by Crippen LogP contribution is -2.50. The van der Waals surface area contributed by atoms with Crippen molar-refractivity contribution in [3.63, 3.8) is 0 Å². The van der Waals surface area contributed by atoms with E-state index in [2.05, 4.69) is 4.90 Å². The van der Waals surface area contributed by atoms with Crippen LogP contribution in [0.4, 0.5) is 0 Å². The standard InChI is InChI=1S/C17H26N2O3S/c1-14-3-4-17(13-15(14)2)23(20,21)19-7-5-16(6-8-19)18-9-11-22-12-10-18/h3-4,13,16H,5-12H2,1-2H3. The van der Waals surface area contributed by atoms with Crippen LogP contribution in [0.15, 0.2) is 23.1 Å². The summed E-state index contributed by atoms with van der Waals surface area (Å²) in [7, 11) is -3.37.